The first-order chi connectivity index (χ1) is 9.14. The molecule has 2 aliphatic rings. The maximum Gasteiger partial charge on any atom is 0.199 e. The van der Waals surface area contributed by atoms with Gasteiger partial charge in [0.05, 0.1) is 6.61 Å². The highest BCUT2D eigenvalue weighted by atomic mass is 28.3. The largest absolute Gasteiger partial charge is 0.467 e. The maximum atomic E-state index is 6.14. The summed E-state index contributed by atoms with van der Waals surface area (Å²) in [7, 11) is -1.58. The van der Waals surface area contributed by atoms with Gasteiger partial charge in [0, 0.05) is 6.42 Å². The average molecular weight is 280 g/mol. The first-order valence-corrected chi connectivity index (χ1v) is 10.9. The van der Waals surface area contributed by atoms with Gasteiger partial charge < -0.3 is 9.47 Å². The predicted octanol–water partition coefficient (Wildman–Crippen LogP) is 4.78. The van der Waals surface area contributed by atoms with Gasteiger partial charge in [-0.1, -0.05) is 57.5 Å². The Hall–Kier alpha value is -0.503. The van der Waals surface area contributed by atoms with E-state index in [0.29, 0.717) is 0 Å². The van der Waals surface area contributed by atoms with E-state index in [-0.39, 0.29) is 6.29 Å². The minimum absolute atomic E-state index is 0.0478. The first kappa shape index (κ1) is 14.9. The summed E-state index contributed by atoms with van der Waals surface area (Å²) in [6.45, 7) is 9.55. The van der Waals surface area contributed by atoms with Crippen LogP contribution in [0.4, 0.5) is 0 Å². The van der Waals surface area contributed by atoms with E-state index in [1.165, 1.54) is 38.5 Å². The lowest BCUT2D eigenvalue weighted by atomic mass is 10.0. The van der Waals surface area contributed by atoms with Gasteiger partial charge in [-0.2, -0.15) is 0 Å². The molecule has 1 saturated heterocycles. The van der Waals surface area contributed by atoms with Crippen molar-refractivity contribution in [2.24, 2.45) is 0 Å². The molecule has 1 atom stereocenters. The van der Waals surface area contributed by atoms with E-state index in [1.807, 2.05) is 0 Å². The number of ether oxygens (including phenoxy) is 2. The molecule has 2 rings (SSSR count). The average Bonchev–Trinajstić information content (AvgIpc) is 2.46. The molecule has 0 spiro atoms. The summed E-state index contributed by atoms with van der Waals surface area (Å²) < 4.78 is 11.8. The molecule has 0 N–H and O–H groups in total. The van der Waals surface area contributed by atoms with Crippen LogP contribution in [-0.4, -0.2) is 21.0 Å². The summed E-state index contributed by atoms with van der Waals surface area (Å²) in [5.41, 5.74) is 3.94. The smallest absolute Gasteiger partial charge is 0.199 e. The van der Waals surface area contributed by atoms with Crippen molar-refractivity contribution in [3.8, 4) is 0 Å². The molecule has 3 heteroatoms. The van der Waals surface area contributed by atoms with Crippen LogP contribution < -0.4 is 0 Å². The van der Waals surface area contributed by atoms with Crippen molar-refractivity contribution in [3.63, 3.8) is 0 Å². The predicted molar refractivity (Wildman–Crippen MR) is 81.6 cm³/mol. The van der Waals surface area contributed by atoms with Crippen molar-refractivity contribution >= 4 is 8.07 Å². The number of hydrogen-bond donors (Lipinski definition) is 0. The van der Waals surface area contributed by atoms with Crippen LogP contribution in [0.2, 0.25) is 18.6 Å². The Morgan fingerprint density at radius 3 is 2.37 bits per heavy atom. The second kappa shape index (κ2) is 6.78. The highest BCUT2D eigenvalue weighted by molar-refractivity contribution is 6.85. The Morgan fingerprint density at radius 2 is 1.79 bits per heavy atom. The molecule has 1 aliphatic heterocycles. The van der Waals surface area contributed by atoms with Crippen LogP contribution in [0.15, 0.2) is 17.7 Å². The highest BCUT2D eigenvalue weighted by Crippen LogP contribution is 2.41. The van der Waals surface area contributed by atoms with Gasteiger partial charge in [0.25, 0.3) is 0 Å². The van der Waals surface area contributed by atoms with Gasteiger partial charge in [-0.05, 0) is 18.4 Å². The van der Waals surface area contributed by atoms with Crippen LogP contribution >= 0.6 is 0 Å². The molecule has 0 amide bonds. The monoisotopic (exact) mass is 280 g/mol. The summed E-state index contributed by atoms with van der Waals surface area (Å²) in [4.78, 5) is 0. The van der Waals surface area contributed by atoms with Crippen LogP contribution in [0.25, 0.3) is 0 Å². The molecule has 0 bridgehead atoms. The lowest BCUT2D eigenvalue weighted by molar-refractivity contribution is -0.134. The molecule has 2 fully saturated rings. The molecule has 1 unspecified atom stereocenters. The Balaban J connectivity index is 2.00. The number of rotatable bonds is 4. The summed E-state index contributed by atoms with van der Waals surface area (Å²) >= 11 is 0. The van der Waals surface area contributed by atoms with Gasteiger partial charge in [0.2, 0.25) is 0 Å². The van der Waals surface area contributed by atoms with Crippen LogP contribution in [0.5, 0.6) is 0 Å². The molecule has 0 aromatic rings. The fourth-order valence-corrected chi connectivity index (χ4v) is 6.48. The van der Waals surface area contributed by atoms with Crippen molar-refractivity contribution in [1.29, 1.82) is 0 Å². The fourth-order valence-electron chi connectivity index (χ4n) is 3.37. The minimum Gasteiger partial charge on any atom is -0.467 e. The normalized spacial score (nSPS) is 25.7. The highest BCUT2D eigenvalue weighted by Gasteiger charge is 2.39. The zero-order chi connectivity index (χ0) is 13.7. The third-order valence-electron chi connectivity index (χ3n) is 4.76. The second-order valence-electron chi connectivity index (χ2n) is 6.48. The molecule has 1 saturated carbocycles. The van der Waals surface area contributed by atoms with Gasteiger partial charge in [0.15, 0.2) is 6.29 Å². The van der Waals surface area contributed by atoms with Crippen molar-refractivity contribution in [1.82, 2.24) is 0 Å². The summed E-state index contributed by atoms with van der Waals surface area (Å²) in [5.74, 6) is 0. The van der Waals surface area contributed by atoms with E-state index in [9.17, 15) is 0 Å². The molecule has 0 aromatic carbocycles. The van der Waals surface area contributed by atoms with E-state index in [1.54, 1.807) is 0 Å². The van der Waals surface area contributed by atoms with E-state index in [0.717, 1.165) is 30.4 Å². The molecule has 1 heterocycles. The molecule has 1 aliphatic carbocycles. The standard InChI is InChI=1S/C16H28O2Si/c1-4-16(18-15-12-8-9-13-17-15)19(2,3)14-10-6-5-7-11-14/h14-15H,1,5-13H2,2-3H3. The van der Waals surface area contributed by atoms with Crippen LogP contribution in [0.3, 0.4) is 0 Å². The first-order valence-electron chi connectivity index (χ1n) is 7.83. The Bertz CT molecular complexity index is 333. The van der Waals surface area contributed by atoms with Crippen molar-refractivity contribution in [2.45, 2.75) is 76.3 Å². The zero-order valence-electron chi connectivity index (χ0n) is 12.5. The Labute approximate surface area is 118 Å². The van der Waals surface area contributed by atoms with Gasteiger partial charge in [-0.3, -0.25) is 0 Å². The quantitative estimate of drug-likeness (QED) is 0.419. The SMILES string of the molecule is C=C=C(OC1CCCCO1)[Si](C)(C)C1CCCCC1. The summed E-state index contributed by atoms with van der Waals surface area (Å²) in [6, 6.07) is 0. The number of hydrogen-bond acceptors (Lipinski definition) is 2. The lowest BCUT2D eigenvalue weighted by Gasteiger charge is -2.37. The van der Waals surface area contributed by atoms with Gasteiger partial charge in [0.1, 0.15) is 13.5 Å². The molecular formula is C16H28O2Si. The van der Waals surface area contributed by atoms with E-state index < -0.39 is 8.07 Å². The summed E-state index contributed by atoms with van der Waals surface area (Å²) in [5, 5.41) is 1.05. The second-order valence-corrected chi connectivity index (χ2v) is 11.2. The molecule has 2 nitrogen and oxygen atoms in total. The van der Waals surface area contributed by atoms with Crippen molar-refractivity contribution < 1.29 is 9.47 Å². The summed E-state index contributed by atoms with van der Waals surface area (Å²) in [6.07, 6.45) is 10.2. The molecule has 0 aromatic heterocycles. The van der Waals surface area contributed by atoms with Gasteiger partial charge >= 0.3 is 0 Å². The van der Waals surface area contributed by atoms with Crippen molar-refractivity contribution in [3.05, 3.63) is 17.7 Å². The molecular weight excluding hydrogens is 252 g/mol. The van der Waals surface area contributed by atoms with Crippen LogP contribution in [0, 0.1) is 0 Å². The van der Waals surface area contributed by atoms with Crippen LogP contribution in [-0.2, 0) is 9.47 Å². The van der Waals surface area contributed by atoms with Gasteiger partial charge in [-0.25, -0.2) is 0 Å². The van der Waals surface area contributed by atoms with Gasteiger partial charge in [-0.15, -0.1) is 0 Å². The zero-order valence-corrected chi connectivity index (χ0v) is 13.5. The Morgan fingerprint density at radius 1 is 1.11 bits per heavy atom. The minimum atomic E-state index is -1.58. The maximum absolute atomic E-state index is 6.14. The topological polar surface area (TPSA) is 18.5 Å². The van der Waals surface area contributed by atoms with E-state index >= 15 is 0 Å². The van der Waals surface area contributed by atoms with E-state index in [4.69, 9.17) is 9.47 Å². The third-order valence-corrected chi connectivity index (χ3v) is 8.84. The van der Waals surface area contributed by atoms with Crippen molar-refractivity contribution in [2.75, 3.05) is 6.61 Å². The fraction of sp³-hybridized carbons (Fsp3) is 0.812. The third kappa shape index (κ3) is 3.74. The lowest BCUT2D eigenvalue weighted by Crippen LogP contribution is -2.39. The Kier molecular flexibility index (Phi) is 5.32. The van der Waals surface area contributed by atoms with E-state index in [2.05, 4.69) is 25.4 Å². The van der Waals surface area contributed by atoms with Crippen LogP contribution in [0.1, 0.15) is 51.4 Å². The molecule has 19 heavy (non-hydrogen) atoms. The molecule has 108 valence electrons. The molecule has 0 radical (unpaired) electrons.